The van der Waals surface area contributed by atoms with E-state index in [1.54, 1.807) is 17.0 Å². The van der Waals surface area contributed by atoms with Gasteiger partial charge in [-0.1, -0.05) is 15.9 Å². The van der Waals surface area contributed by atoms with Crippen LogP contribution < -0.4 is 0 Å². The molecule has 1 aliphatic rings. The highest BCUT2D eigenvalue weighted by Gasteiger charge is 2.21. The molecule has 0 atom stereocenters. The number of halogens is 2. The van der Waals surface area contributed by atoms with Crippen LogP contribution in [0.3, 0.4) is 0 Å². The molecule has 0 bridgehead atoms. The minimum absolute atomic E-state index is 0.0123. The van der Waals surface area contributed by atoms with Gasteiger partial charge in [-0.25, -0.2) is 4.39 Å². The fourth-order valence-electron chi connectivity index (χ4n) is 1.52. The molecule has 1 aromatic rings. The summed E-state index contributed by atoms with van der Waals surface area (Å²) in [6.45, 7) is 1.63. The summed E-state index contributed by atoms with van der Waals surface area (Å²) in [5.74, 6) is -0.301. The zero-order chi connectivity index (χ0) is 10.8. The van der Waals surface area contributed by atoms with Crippen LogP contribution in [0.5, 0.6) is 0 Å². The number of carbonyl (C=O) groups excluding carboxylic acids is 1. The topological polar surface area (TPSA) is 20.3 Å². The van der Waals surface area contributed by atoms with Crippen LogP contribution in [0.15, 0.2) is 22.7 Å². The van der Waals surface area contributed by atoms with Gasteiger partial charge in [0.1, 0.15) is 5.82 Å². The van der Waals surface area contributed by atoms with E-state index < -0.39 is 0 Å². The van der Waals surface area contributed by atoms with E-state index >= 15 is 0 Å². The molecule has 0 aliphatic carbocycles. The van der Waals surface area contributed by atoms with Gasteiger partial charge in [-0.2, -0.15) is 0 Å². The van der Waals surface area contributed by atoms with Crippen molar-refractivity contribution in [1.29, 1.82) is 0 Å². The Kier molecular flexibility index (Phi) is 3.05. The molecule has 0 radical (unpaired) electrons. The molecular formula is C11H11BrFNO. The minimum atomic E-state index is -0.313. The van der Waals surface area contributed by atoms with Gasteiger partial charge in [0.05, 0.1) is 6.42 Å². The highest BCUT2D eigenvalue weighted by atomic mass is 79.9. The second kappa shape index (κ2) is 4.31. The van der Waals surface area contributed by atoms with Gasteiger partial charge in [-0.3, -0.25) is 4.79 Å². The van der Waals surface area contributed by atoms with Crippen LogP contribution >= 0.6 is 15.9 Å². The van der Waals surface area contributed by atoms with E-state index in [2.05, 4.69) is 15.9 Å². The van der Waals surface area contributed by atoms with E-state index in [0.717, 1.165) is 24.0 Å². The Balaban J connectivity index is 2.09. The second-order valence-corrected chi connectivity index (χ2v) is 4.56. The van der Waals surface area contributed by atoms with Crippen molar-refractivity contribution in [2.45, 2.75) is 12.8 Å². The molecule has 1 heterocycles. The zero-order valence-corrected chi connectivity index (χ0v) is 9.76. The first-order chi connectivity index (χ1) is 7.16. The Hall–Kier alpha value is -0.900. The van der Waals surface area contributed by atoms with Crippen molar-refractivity contribution in [2.75, 3.05) is 13.1 Å². The van der Waals surface area contributed by atoms with Gasteiger partial charge >= 0.3 is 0 Å². The maximum absolute atomic E-state index is 13.3. The van der Waals surface area contributed by atoms with Crippen molar-refractivity contribution < 1.29 is 9.18 Å². The summed E-state index contributed by atoms with van der Waals surface area (Å²) in [6.07, 6.45) is 1.22. The lowest BCUT2D eigenvalue weighted by molar-refractivity contribution is -0.133. The van der Waals surface area contributed by atoms with Crippen molar-refractivity contribution in [3.05, 3.63) is 34.1 Å². The molecule has 0 N–H and O–H groups in total. The number of carbonyl (C=O) groups is 1. The molecule has 4 heteroatoms. The number of hydrogen-bond donors (Lipinski definition) is 0. The Morgan fingerprint density at radius 1 is 1.47 bits per heavy atom. The third kappa shape index (κ3) is 2.37. The first-order valence-electron chi connectivity index (χ1n) is 4.88. The van der Waals surface area contributed by atoms with E-state index in [1.807, 2.05) is 0 Å². The lowest BCUT2D eigenvalue weighted by Crippen LogP contribution is -2.42. The summed E-state index contributed by atoms with van der Waals surface area (Å²) in [6, 6.07) is 4.67. The smallest absolute Gasteiger partial charge is 0.227 e. The van der Waals surface area contributed by atoms with E-state index in [4.69, 9.17) is 0 Å². The van der Waals surface area contributed by atoms with Crippen LogP contribution in [0.2, 0.25) is 0 Å². The van der Waals surface area contributed by atoms with Crippen molar-refractivity contribution in [3.8, 4) is 0 Å². The van der Waals surface area contributed by atoms with E-state index in [0.29, 0.717) is 5.56 Å². The van der Waals surface area contributed by atoms with E-state index in [-0.39, 0.29) is 18.1 Å². The molecule has 80 valence electrons. The monoisotopic (exact) mass is 271 g/mol. The molecule has 1 aliphatic heterocycles. The van der Waals surface area contributed by atoms with Gasteiger partial charge in [0, 0.05) is 17.6 Å². The molecule has 1 fully saturated rings. The molecule has 0 saturated carbocycles. The van der Waals surface area contributed by atoms with E-state index in [1.165, 1.54) is 6.07 Å². The molecule has 0 spiro atoms. The van der Waals surface area contributed by atoms with Crippen LogP contribution in [-0.4, -0.2) is 23.9 Å². The molecular weight excluding hydrogens is 261 g/mol. The maximum atomic E-state index is 13.3. The maximum Gasteiger partial charge on any atom is 0.227 e. The molecule has 1 saturated heterocycles. The molecule has 0 unspecified atom stereocenters. The van der Waals surface area contributed by atoms with Crippen molar-refractivity contribution in [1.82, 2.24) is 4.90 Å². The number of amides is 1. The van der Waals surface area contributed by atoms with Gasteiger partial charge in [-0.05, 0) is 30.2 Å². The lowest BCUT2D eigenvalue weighted by atomic mass is 10.1. The van der Waals surface area contributed by atoms with Crippen molar-refractivity contribution >= 4 is 21.8 Å². The molecule has 2 nitrogen and oxygen atoms in total. The molecule has 1 aromatic carbocycles. The third-order valence-corrected chi connectivity index (χ3v) is 3.05. The fraction of sp³-hybridized carbons (Fsp3) is 0.364. The van der Waals surface area contributed by atoms with Crippen LogP contribution in [0.25, 0.3) is 0 Å². The summed E-state index contributed by atoms with van der Waals surface area (Å²) in [7, 11) is 0. The number of likely N-dealkylation sites (tertiary alicyclic amines) is 1. The SMILES string of the molecule is O=C(Cc1cc(Br)ccc1F)N1CCC1. The van der Waals surface area contributed by atoms with Crippen molar-refractivity contribution in [3.63, 3.8) is 0 Å². The van der Waals surface area contributed by atoms with Crippen molar-refractivity contribution in [2.24, 2.45) is 0 Å². The predicted octanol–water partition coefficient (Wildman–Crippen LogP) is 2.36. The van der Waals surface area contributed by atoms with Gasteiger partial charge in [0.25, 0.3) is 0 Å². The summed E-state index contributed by atoms with van der Waals surface area (Å²) in [5.41, 5.74) is 0.460. The summed E-state index contributed by atoms with van der Waals surface area (Å²) >= 11 is 3.26. The molecule has 1 amide bonds. The van der Waals surface area contributed by atoms with Gasteiger partial charge in [0.15, 0.2) is 0 Å². The van der Waals surface area contributed by atoms with Crippen LogP contribution in [-0.2, 0) is 11.2 Å². The molecule has 0 aromatic heterocycles. The zero-order valence-electron chi connectivity index (χ0n) is 8.17. The average molecular weight is 272 g/mol. The van der Waals surface area contributed by atoms with Crippen LogP contribution in [0.1, 0.15) is 12.0 Å². The van der Waals surface area contributed by atoms with Crippen LogP contribution in [0, 0.1) is 5.82 Å². The minimum Gasteiger partial charge on any atom is -0.342 e. The highest BCUT2D eigenvalue weighted by Crippen LogP contribution is 2.17. The standard InChI is InChI=1S/C11H11BrFNO/c12-9-2-3-10(13)8(6-9)7-11(15)14-4-1-5-14/h2-3,6H,1,4-5,7H2. The number of rotatable bonds is 2. The average Bonchev–Trinajstić information content (AvgIpc) is 2.08. The Morgan fingerprint density at radius 2 is 2.20 bits per heavy atom. The number of benzene rings is 1. The van der Waals surface area contributed by atoms with Crippen LogP contribution in [0.4, 0.5) is 4.39 Å². The summed E-state index contributed by atoms with van der Waals surface area (Å²) < 4.78 is 14.1. The fourth-order valence-corrected chi connectivity index (χ4v) is 1.93. The first kappa shape index (κ1) is 10.6. The van der Waals surface area contributed by atoms with Gasteiger partial charge < -0.3 is 4.90 Å². The Labute approximate surface area is 96.2 Å². The number of hydrogen-bond acceptors (Lipinski definition) is 1. The largest absolute Gasteiger partial charge is 0.342 e. The second-order valence-electron chi connectivity index (χ2n) is 3.65. The lowest BCUT2D eigenvalue weighted by Gasteiger charge is -2.31. The third-order valence-electron chi connectivity index (χ3n) is 2.56. The Morgan fingerprint density at radius 3 is 2.80 bits per heavy atom. The first-order valence-corrected chi connectivity index (χ1v) is 5.68. The van der Waals surface area contributed by atoms with E-state index in [9.17, 15) is 9.18 Å². The normalized spacial score (nSPS) is 14.9. The Bertz CT molecular complexity index is 390. The molecule has 15 heavy (non-hydrogen) atoms. The van der Waals surface area contributed by atoms with Gasteiger partial charge in [0.2, 0.25) is 5.91 Å². The highest BCUT2D eigenvalue weighted by molar-refractivity contribution is 9.10. The molecule has 2 rings (SSSR count). The predicted molar refractivity (Wildman–Crippen MR) is 59.0 cm³/mol. The quantitative estimate of drug-likeness (QED) is 0.809. The number of nitrogens with zero attached hydrogens (tertiary/aromatic N) is 1. The summed E-state index contributed by atoms with van der Waals surface area (Å²) in [4.78, 5) is 13.4. The van der Waals surface area contributed by atoms with Gasteiger partial charge in [-0.15, -0.1) is 0 Å². The summed E-state index contributed by atoms with van der Waals surface area (Å²) in [5, 5.41) is 0.